The lowest BCUT2D eigenvalue weighted by atomic mass is 9.89. The molecule has 4 rings (SSSR count). The molecule has 1 atom stereocenters. The van der Waals surface area contributed by atoms with Crippen molar-refractivity contribution in [1.82, 2.24) is 10.2 Å². The zero-order valence-corrected chi connectivity index (χ0v) is 16.4. The molecule has 1 amide bonds. The average Bonchev–Trinajstić information content (AvgIpc) is 3.21. The zero-order chi connectivity index (χ0) is 19.3. The number of carbonyl (C=O) groups is 1. The highest BCUT2D eigenvalue weighted by atomic mass is 16.7. The monoisotopic (exact) mass is 380 g/mol. The second kappa shape index (κ2) is 8.65. The number of hydrogen-bond donors (Lipinski definition) is 1. The van der Waals surface area contributed by atoms with Gasteiger partial charge in [-0.2, -0.15) is 0 Å². The predicted octanol–water partition coefficient (Wildman–Crippen LogP) is 3.37. The molecule has 1 saturated heterocycles. The Hall–Kier alpha value is -2.53. The number of ether oxygens (including phenoxy) is 2. The summed E-state index contributed by atoms with van der Waals surface area (Å²) in [5.41, 5.74) is 2.43. The second-order valence-electron chi connectivity index (χ2n) is 7.75. The predicted molar refractivity (Wildman–Crippen MR) is 108 cm³/mol. The quantitative estimate of drug-likeness (QED) is 0.835. The van der Waals surface area contributed by atoms with E-state index in [0.717, 1.165) is 49.4 Å². The minimum absolute atomic E-state index is 0.0826. The summed E-state index contributed by atoms with van der Waals surface area (Å²) < 4.78 is 10.7. The molecule has 0 radical (unpaired) electrons. The normalized spacial score (nSPS) is 18.0. The molecule has 2 aromatic carbocycles. The number of piperidine rings is 1. The third-order valence-corrected chi connectivity index (χ3v) is 5.85. The molecule has 5 heteroatoms. The number of amides is 1. The Balaban J connectivity index is 1.23. The lowest BCUT2D eigenvalue weighted by Crippen LogP contribution is -2.48. The van der Waals surface area contributed by atoms with Crippen LogP contribution in [0.5, 0.6) is 11.5 Å². The van der Waals surface area contributed by atoms with Crippen LogP contribution < -0.4 is 14.8 Å². The Morgan fingerprint density at radius 1 is 1.07 bits per heavy atom. The molecule has 1 N–H and O–H groups in total. The Labute approximate surface area is 166 Å². The van der Waals surface area contributed by atoms with E-state index >= 15 is 0 Å². The largest absolute Gasteiger partial charge is 0.454 e. The van der Waals surface area contributed by atoms with Crippen molar-refractivity contribution in [2.24, 2.45) is 5.92 Å². The molecule has 0 bridgehead atoms. The van der Waals surface area contributed by atoms with Gasteiger partial charge in [-0.15, -0.1) is 0 Å². The molecule has 0 aliphatic carbocycles. The van der Waals surface area contributed by atoms with Crippen molar-refractivity contribution in [2.45, 2.75) is 38.8 Å². The molecule has 28 heavy (non-hydrogen) atoms. The van der Waals surface area contributed by atoms with E-state index in [4.69, 9.17) is 9.47 Å². The molecule has 0 spiro atoms. The number of likely N-dealkylation sites (tertiary alicyclic amines) is 1. The van der Waals surface area contributed by atoms with E-state index in [1.807, 2.05) is 25.1 Å². The molecule has 0 saturated carbocycles. The highest BCUT2D eigenvalue weighted by molar-refractivity contribution is 5.81. The maximum absolute atomic E-state index is 12.6. The van der Waals surface area contributed by atoms with Gasteiger partial charge in [-0.1, -0.05) is 36.4 Å². The van der Waals surface area contributed by atoms with Gasteiger partial charge in [0.25, 0.3) is 0 Å². The number of hydrogen-bond acceptors (Lipinski definition) is 4. The van der Waals surface area contributed by atoms with Crippen LogP contribution in [0.3, 0.4) is 0 Å². The molecular weight excluding hydrogens is 352 g/mol. The standard InChI is InChI=1S/C23H28N2O3/c1-17(23(26)24-15-20-7-8-21-22(14-20)28-16-27-21)25-11-9-19(10-12-25)13-18-5-3-2-4-6-18/h2-8,14,17,19H,9-13,15-16H2,1H3,(H,24,26)/t17-/m0/s1. The second-order valence-corrected chi connectivity index (χ2v) is 7.75. The van der Waals surface area contributed by atoms with Crippen LogP contribution in [0.15, 0.2) is 48.5 Å². The number of rotatable bonds is 6. The van der Waals surface area contributed by atoms with E-state index in [-0.39, 0.29) is 18.7 Å². The van der Waals surface area contributed by atoms with E-state index < -0.39 is 0 Å². The van der Waals surface area contributed by atoms with Crippen molar-refractivity contribution in [2.75, 3.05) is 19.9 Å². The molecule has 0 unspecified atom stereocenters. The molecular formula is C23H28N2O3. The fraction of sp³-hybridized carbons (Fsp3) is 0.435. The summed E-state index contributed by atoms with van der Waals surface area (Å²) in [6.45, 7) is 4.74. The van der Waals surface area contributed by atoms with Crippen LogP contribution in [-0.2, 0) is 17.8 Å². The molecule has 2 aliphatic heterocycles. The molecule has 2 aromatic rings. The number of nitrogens with one attached hydrogen (secondary N) is 1. The highest BCUT2D eigenvalue weighted by Gasteiger charge is 2.26. The number of carbonyl (C=O) groups excluding carboxylic acids is 1. The van der Waals surface area contributed by atoms with Crippen molar-refractivity contribution in [3.8, 4) is 11.5 Å². The number of fused-ring (bicyclic) bond motifs is 1. The number of benzene rings is 2. The third-order valence-electron chi connectivity index (χ3n) is 5.85. The van der Waals surface area contributed by atoms with Gasteiger partial charge < -0.3 is 14.8 Å². The summed E-state index contributed by atoms with van der Waals surface area (Å²) >= 11 is 0. The summed E-state index contributed by atoms with van der Waals surface area (Å²) in [5, 5.41) is 3.06. The molecule has 1 fully saturated rings. The molecule has 0 aromatic heterocycles. The van der Waals surface area contributed by atoms with Crippen molar-refractivity contribution in [3.63, 3.8) is 0 Å². The van der Waals surface area contributed by atoms with Crippen molar-refractivity contribution >= 4 is 5.91 Å². The molecule has 2 heterocycles. The van der Waals surface area contributed by atoms with Gasteiger partial charge in [0, 0.05) is 6.54 Å². The summed E-state index contributed by atoms with van der Waals surface area (Å²) in [5.74, 6) is 2.31. The first-order valence-corrected chi connectivity index (χ1v) is 10.1. The van der Waals surface area contributed by atoms with Crippen LogP contribution in [0.2, 0.25) is 0 Å². The van der Waals surface area contributed by atoms with Gasteiger partial charge in [-0.05, 0) is 68.5 Å². The van der Waals surface area contributed by atoms with Gasteiger partial charge >= 0.3 is 0 Å². The topological polar surface area (TPSA) is 50.8 Å². The zero-order valence-electron chi connectivity index (χ0n) is 16.4. The summed E-state index contributed by atoms with van der Waals surface area (Å²) in [6, 6.07) is 16.4. The van der Waals surface area contributed by atoms with E-state index in [1.54, 1.807) is 0 Å². The van der Waals surface area contributed by atoms with Crippen LogP contribution >= 0.6 is 0 Å². The van der Waals surface area contributed by atoms with Crippen LogP contribution in [0.25, 0.3) is 0 Å². The van der Waals surface area contributed by atoms with Gasteiger partial charge in [-0.3, -0.25) is 9.69 Å². The average molecular weight is 380 g/mol. The van der Waals surface area contributed by atoms with Crippen LogP contribution in [0, 0.1) is 5.92 Å². The van der Waals surface area contributed by atoms with Crippen molar-refractivity contribution < 1.29 is 14.3 Å². The van der Waals surface area contributed by atoms with Crippen molar-refractivity contribution in [3.05, 3.63) is 59.7 Å². The maximum atomic E-state index is 12.6. The summed E-state index contributed by atoms with van der Waals surface area (Å²) in [6.07, 6.45) is 3.43. The fourth-order valence-corrected chi connectivity index (χ4v) is 4.05. The Kier molecular flexibility index (Phi) is 5.81. The molecule has 148 valence electrons. The van der Waals surface area contributed by atoms with E-state index in [9.17, 15) is 4.79 Å². The van der Waals surface area contributed by atoms with E-state index in [2.05, 4.69) is 40.5 Å². The van der Waals surface area contributed by atoms with Crippen LogP contribution in [-0.4, -0.2) is 36.7 Å². The van der Waals surface area contributed by atoms with Crippen LogP contribution in [0.1, 0.15) is 30.9 Å². The van der Waals surface area contributed by atoms with E-state index in [0.29, 0.717) is 12.5 Å². The first kappa shape index (κ1) is 18.8. The first-order chi connectivity index (χ1) is 13.7. The lowest BCUT2D eigenvalue weighted by Gasteiger charge is -2.35. The Morgan fingerprint density at radius 3 is 2.61 bits per heavy atom. The molecule has 5 nitrogen and oxygen atoms in total. The SMILES string of the molecule is C[C@@H](C(=O)NCc1ccc2c(c1)OCO2)N1CCC(Cc2ccccc2)CC1. The minimum Gasteiger partial charge on any atom is -0.454 e. The van der Waals surface area contributed by atoms with Gasteiger partial charge in [0.05, 0.1) is 6.04 Å². The smallest absolute Gasteiger partial charge is 0.237 e. The third kappa shape index (κ3) is 4.47. The molecule has 2 aliphatic rings. The van der Waals surface area contributed by atoms with Gasteiger partial charge in [0.15, 0.2) is 11.5 Å². The first-order valence-electron chi connectivity index (χ1n) is 10.1. The van der Waals surface area contributed by atoms with Gasteiger partial charge in [0.2, 0.25) is 12.7 Å². The van der Waals surface area contributed by atoms with Crippen LogP contribution in [0.4, 0.5) is 0 Å². The Bertz CT molecular complexity index is 801. The summed E-state index contributed by atoms with van der Waals surface area (Å²) in [7, 11) is 0. The van der Waals surface area contributed by atoms with Gasteiger partial charge in [-0.25, -0.2) is 0 Å². The fourth-order valence-electron chi connectivity index (χ4n) is 4.05. The van der Waals surface area contributed by atoms with E-state index in [1.165, 1.54) is 5.56 Å². The lowest BCUT2D eigenvalue weighted by molar-refractivity contribution is -0.126. The van der Waals surface area contributed by atoms with Gasteiger partial charge in [0.1, 0.15) is 0 Å². The maximum Gasteiger partial charge on any atom is 0.237 e. The summed E-state index contributed by atoms with van der Waals surface area (Å²) in [4.78, 5) is 14.9. The van der Waals surface area contributed by atoms with Crippen molar-refractivity contribution in [1.29, 1.82) is 0 Å². The minimum atomic E-state index is -0.105. The number of nitrogens with zero attached hydrogens (tertiary/aromatic N) is 1. The Morgan fingerprint density at radius 2 is 1.82 bits per heavy atom. The highest BCUT2D eigenvalue weighted by Crippen LogP contribution is 2.32.